The van der Waals surface area contributed by atoms with Crippen LogP contribution in [0, 0.1) is 0 Å². The maximum absolute atomic E-state index is 13.1. The molecule has 292 valence electrons. The summed E-state index contributed by atoms with van der Waals surface area (Å²) in [4.78, 5) is 51.7. The zero-order chi connectivity index (χ0) is 36.8. The lowest BCUT2D eigenvalue weighted by Crippen LogP contribution is -2.16. The van der Waals surface area contributed by atoms with Crippen molar-refractivity contribution >= 4 is 23.9 Å². The molecule has 0 N–H and O–H groups in total. The number of rotatable bonds is 31. The van der Waals surface area contributed by atoms with Crippen molar-refractivity contribution in [1.82, 2.24) is 0 Å². The number of hydrogen-bond acceptors (Lipinski definition) is 11. The van der Waals surface area contributed by atoms with Crippen molar-refractivity contribution in [2.75, 3.05) is 26.9 Å². The van der Waals surface area contributed by atoms with Crippen molar-refractivity contribution < 1.29 is 52.3 Å². The van der Waals surface area contributed by atoms with E-state index in [1.54, 1.807) is 0 Å². The van der Waals surface area contributed by atoms with Crippen LogP contribution in [0.25, 0.3) is 0 Å². The summed E-state index contributed by atoms with van der Waals surface area (Å²) in [7, 11) is 1.23. The Balaban J connectivity index is 1.29. The molecular formula is C41H62O11. The van der Waals surface area contributed by atoms with E-state index in [2.05, 4.69) is 0 Å². The second-order valence-electron chi connectivity index (χ2n) is 14.6. The highest BCUT2D eigenvalue weighted by atomic mass is 16.6. The molecule has 1 aromatic rings. The first kappa shape index (κ1) is 41.7. The molecule has 11 nitrogen and oxygen atoms in total. The van der Waals surface area contributed by atoms with Crippen molar-refractivity contribution in [2.45, 2.75) is 172 Å². The second kappa shape index (κ2) is 24.3. The Bertz CT molecular complexity index is 1170. The average Bonchev–Trinajstić information content (AvgIpc) is 3.97. The van der Waals surface area contributed by atoms with Crippen molar-refractivity contribution in [3.05, 3.63) is 17.7 Å². The molecule has 11 heteroatoms. The molecule has 3 aliphatic heterocycles. The van der Waals surface area contributed by atoms with Crippen LogP contribution >= 0.6 is 0 Å². The van der Waals surface area contributed by atoms with E-state index in [-0.39, 0.29) is 42.1 Å². The van der Waals surface area contributed by atoms with Crippen molar-refractivity contribution in [3.63, 3.8) is 0 Å². The van der Waals surface area contributed by atoms with E-state index in [1.807, 2.05) is 0 Å². The molecule has 3 heterocycles. The molecule has 52 heavy (non-hydrogen) atoms. The number of methoxy groups -OCH3 is 1. The largest absolute Gasteiger partial charge is 0.465 e. The molecule has 3 atom stereocenters. The molecule has 3 aliphatic rings. The Morgan fingerprint density at radius 3 is 1.13 bits per heavy atom. The lowest BCUT2D eigenvalue weighted by molar-refractivity contribution is -0.138. The zero-order valence-electron chi connectivity index (χ0n) is 31.5. The van der Waals surface area contributed by atoms with Gasteiger partial charge in [-0.15, -0.1) is 0 Å². The molecule has 1 aromatic carbocycles. The predicted molar refractivity (Wildman–Crippen MR) is 195 cm³/mol. The van der Waals surface area contributed by atoms with E-state index in [0.29, 0.717) is 37.6 Å². The molecule has 3 unspecified atom stereocenters. The van der Waals surface area contributed by atoms with Gasteiger partial charge in [0, 0.05) is 19.3 Å². The van der Waals surface area contributed by atoms with Gasteiger partial charge < -0.3 is 33.2 Å². The van der Waals surface area contributed by atoms with Crippen LogP contribution < -0.4 is 14.2 Å². The van der Waals surface area contributed by atoms with Crippen LogP contribution in [0.5, 0.6) is 17.2 Å². The van der Waals surface area contributed by atoms with Gasteiger partial charge >= 0.3 is 23.9 Å². The summed E-state index contributed by atoms with van der Waals surface area (Å²) >= 11 is 0. The zero-order valence-corrected chi connectivity index (χ0v) is 31.5. The van der Waals surface area contributed by atoms with Crippen molar-refractivity contribution in [3.8, 4) is 17.2 Å². The third-order valence-corrected chi connectivity index (χ3v) is 9.78. The maximum Gasteiger partial charge on any atom is 0.338 e. The van der Waals surface area contributed by atoms with Crippen LogP contribution in [0.4, 0.5) is 0 Å². The minimum absolute atomic E-state index is 0.00865. The molecule has 3 fully saturated rings. The van der Waals surface area contributed by atoms with Crippen LogP contribution in [0.3, 0.4) is 0 Å². The quantitative estimate of drug-likeness (QED) is 0.0313. The van der Waals surface area contributed by atoms with E-state index in [1.165, 1.54) is 19.2 Å². The standard InChI is InChI=1S/C41H62O11/c1-46-41(45)31-26-35(50-37(42)23-17-11-5-2-8-14-20-32-28-47-32)40(52-39(44)25-19-13-7-4-10-16-22-34-30-49-34)36(27-31)51-38(43)24-18-12-6-3-9-15-21-33-29-48-33/h26-27,32-34H,2-25,28-30H2,1H3. The predicted octanol–water partition coefficient (Wildman–Crippen LogP) is 8.75. The monoisotopic (exact) mass is 730 g/mol. The Labute approximate surface area is 310 Å². The van der Waals surface area contributed by atoms with Crippen LogP contribution in [0.15, 0.2) is 12.1 Å². The number of carbonyl (C=O) groups excluding carboxylic acids is 4. The molecule has 3 saturated heterocycles. The summed E-state index contributed by atoms with van der Waals surface area (Å²) < 4.78 is 37.9. The van der Waals surface area contributed by atoms with Gasteiger partial charge in [0.05, 0.1) is 50.8 Å². The third-order valence-electron chi connectivity index (χ3n) is 9.78. The van der Waals surface area contributed by atoms with Gasteiger partial charge in [-0.05, 0) is 50.7 Å². The number of unbranched alkanes of at least 4 members (excludes halogenated alkanes) is 15. The van der Waals surface area contributed by atoms with Gasteiger partial charge in [0.1, 0.15) is 0 Å². The van der Waals surface area contributed by atoms with Gasteiger partial charge in [0.25, 0.3) is 0 Å². The van der Waals surface area contributed by atoms with E-state index in [4.69, 9.17) is 33.2 Å². The topological polar surface area (TPSA) is 143 Å². The highest BCUT2D eigenvalue weighted by Gasteiger charge is 2.26. The van der Waals surface area contributed by atoms with E-state index in [9.17, 15) is 19.2 Å². The Morgan fingerprint density at radius 2 is 0.808 bits per heavy atom. The minimum Gasteiger partial charge on any atom is -0.465 e. The maximum atomic E-state index is 13.1. The average molecular weight is 731 g/mol. The van der Waals surface area contributed by atoms with Gasteiger partial charge in [-0.25, -0.2) is 4.79 Å². The van der Waals surface area contributed by atoms with Gasteiger partial charge in [-0.2, -0.15) is 0 Å². The number of carbonyl (C=O) groups is 4. The Kier molecular flexibility index (Phi) is 19.5. The fraction of sp³-hybridized carbons (Fsp3) is 0.756. The smallest absolute Gasteiger partial charge is 0.338 e. The number of benzene rings is 1. The first-order valence-corrected chi connectivity index (χ1v) is 20.1. The molecule has 0 spiro atoms. The number of esters is 4. The minimum atomic E-state index is -0.710. The van der Waals surface area contributed by atoms with Crippen LogP contribution in [-0.4, -0.2) is 69.1 Å². The molecule has 0 aromatic heterocycles. The van der Waals surface area contributed by atoms with Gasteiger partial charge in [-0.1, -0.05) is 96.3 Å². The second-order valence-corrected chi connectivity index (χ2v) is 14.6. The molecule has 0 radical (unpaired) electrons. The molecule has 0 amide bonds. The Hall–Kier alpha value is -3.02. The molecule has 0 aliphatic carbocycles. The summed E-state index contributed by atoms with van der Waals surface area (Å²) in [6, 6.07) is 2.60. The van der Waals surface area contributed by atoms with Gasteiger partial charge in [0.2, 0.25) is 5.75 Å². The third kappa shape index (κ3) is 18.6. The summed E-state index contributed by atoms with van der Waals surface area (Å²) in [6.45, 7) is 2.68. The molecule has 0 bridgehead atoms. The summed E-state index contributed by atoms with van der Waals surface area (Å²) in [6.07, 6.45) is 23.0. The number of epoxide rings is 3. The summed E-state index contributed by atoms with van der Waals surface area (Å²) in [5.41, 5.74) is 0.00865. The lowest BCUT2D eigenvalue weighted by atomic mass is 10.1. The molecular weight excluding hydrogens is 668 g/mol. The van der Waals surface area contributed by atoms with Gasteiger partial charge in [0.15, 0.2) is 11.5 Å². The van der Waals surface area contributed by atoms with E-state index < -0.39 is 23.9 Å². The highest BCUT2D eigenvalue weighted by Crippen LogP contribution is 2.40. The van der Waals surface area contributed by atoms with Crippen molar-refractivity contribution in [2.24, 2.45) is 0 Å². The van der Waals surface area contributed by atoms with Crippen LogP contribution in [0.1, 0.15) is 164 Å². The highest BCUT2D eigenvalue weighted by molar-refractivity contribution is 5.92. The Morgan fingerprint density at radius 1 is 0.500 bits per heavy atom. The van der Waals surface area contributed by atoms with Gasteiger partial charge in [-0.3, -0.25) is 14.4 Å². The normalized spacial score (nSPS) is 18.4. The SMILES string of the molecule is COC(=O)c1cc(OC(=O)CCCCCCCCC2CO2)c(OC(=O)CCCCCCCCC2CO2)c(OC(=O)CCCCCCCCC2CO2)c1. The fourth-order valence-corrected chi connectivity index (χ4v) is 6.33. The van der Waals surface area contributed by atoms with Crippen LogP contribution in [0.2, 0.25) is 0 Å². The summed E-state index contributed by atoms with van der Waals surface area (Å²) in [5.74, 6) is -2.78. The number of hydrogen-bond donors (Lipinski definition) is 0. The first-order chi connectivity index (χ1) is 25.4. The van der Waals surface area contributed by atoms with Crippen molar-refractivity contribution in [1.29, 1.82) is 0 Å². The van der Waals surface area contributed by atoms with Crippen LogP contribution in [-0.2, 0) is 33.3 Å². The number of ether oxygens (including phenoxy) is 7. The molecule has 0 saturated carbocycles. The lowest BCUT2D eigenvalue weighted by Gasteiger charge is -2.16. The fourth-order valence-electron chi connectivity index (χ4n) is 6.33. The molecule has 4 rings (SSSR count). The van der Waals surface area contributed by atoms with E-state index >= 15 is 0 Å². The first-order valence-electron chi connectivity index (χ1n) is 20.1. The van der Waals surface area contributed by atoms with E-state index in [0.717, 1.165) is 135 Å². The summed E-state index contributed by atoms with van der Waals surface area (Å²) in [5, 5.41) is 0.